The fraction of sp³-hybridized carbons (Fsp3) is 0.294. The third-order valence-corrected chi connectivity index (χ3v) is 5.59. The molecule has 0 bridgehead atoms. The minimum Gasteiger partial charge on any atom is -0.282 e. The van der Waals surface area contributed by atoms with Crippen LogP contribution in [0.5, 0.6) is 0 Å². The quantitative estimate of drug-likeness (QED) is 0.750. The summed E-state index contributed by atoms with van der Waals surface area (Å²) in [6.07, 6.45) is 3.64. The topological polar surface area (TPSA) is 68.9 Å². The van der Waals surface area contributed by atoms with Crippen molar-refractivity contribution in [2.75, 3.05) is 0 Å². The minimum atomic E-state index is -0.386. The Morgan fingerprint density at radius 2 is 1.96 bits per heavy atom. The van der Waals surface area contributed by atoms with Gasteiger partial charge in [-0.3, -0.25) is 10.2 Å². The van der Waals surface area contributed by atoms with Gasteiger partial charge in [0.1, 0.15) is 5.04 Å². The van der Waals surface area contributed by atoms with Crippen molar-refractivity contribution in [2.45, 2.75) is 26.7 Å². The molecule has 3 rings (SSSR count). The molecule has 0 saturated carbocycles. The SMILES string of the molecule is CCC(CC)C1=NN2C(=N)/C(=C\c3ccc(Br)cc3)C(=O)N=C2S1. The Balaban J connectivity index is 1.93. The van der Waals surface area contributed by atoms with Gasteiger partial charge in [-0.05, 0) is 48.4 Å². The molecule has 0 fully saturated rings. The molecule has 2 heterocycles. The standard InChI is InChI=1S/C17H17BrN4OS/c1-3-11(4-2)16-21-22-14(19)13(15(23)20-17(22)24-16)9-10-5-7-12(18)8-6-10/h5-9,11,19H,3-4H2,1-2H3/b13-9+,19-14?. The second-order valence-corrected chi connectivity index (χ2v) is 7.43. The molecule has 1 aromatic carbocycles. The van der Waals surface area contributed by atoms with Gasteiger partial charge in [-0.25, -0.2) is 0 Å². The molecule has 1 amide bonds. The number of carbonyl (C=O) groups excluding carboxylic acids is 1. The normalized spacial score (nSPS) is 19.0. The lowest BCUT2D eigenvalue weighted by atomic mass is 10.1. The van der Waals surface area contributed by atoms with Crippen LogP contribution in [0.15, 0.2) is 44.4 Å². The number of carbonyl (C=O) groups is 1. The molecule has 0 spiro atoms. The first-order valence-corrected chi connectivity index (χ1v) is 9.40. The first-order chi connectivity index (χ1) is 11.5. The molecule has 2 aliphatic heterocycles. The highest BCUT2D eigenvalue weighted by atomic mass is 79.9. The summed E-state index contributed by atoms with van der Waals surface area (Å²) in [6, 6.07) is 7.56. The predicted octanol–water partition coefficient (Wildman–Crippen LogP) is 4.50. The van der Waals surface area contributed by atoms with E-state index in [1.807, 2.05) is 24.3 Å². The third kappa shape index (κ3) is 3.23. The summed E-state index contributed by atoms with van der Waals surface area (Å²) >= 11 is 4.78. The van der Waals surface area contributed by atoms with E-state index >= 15 is 0 Å². The predicted molar refractivity (Wildman–Crippen MR) is 103 cm³/mol. The summed E-state index contributed by atoms with van der Waals surface area (Å²) in [4.78, 5) is 16.5. The van der Waals surface area contributed by atoms with Gasteiger partial charge < -0.3 is 0 Å². The highest BCUT2D eigenvalue weighted by molar-refractivity contribution is 9.10. The van der Waals surface area contributed by atoms with Gasteiger partial charge in [-0.15, -0.1) is 0 Å². The Morgan fingerprint density at radius 3 is 2.58 bits per heavy atom. The number of amides is 1. The van der Waals surface area contributed by atoms with Crippen molar-refractivity contribution in [3.8, 4) is 0 Å². The average molecular weight is 405 g/mol. The molecule has 0 saturated heterocycles. The fourth-order valence-electron chi connectivity index (χ4n) is 2.54. The zero-order valence-electron chi connectivity index (χ0n) is 13.4. The van der Waals surface area contributed by atoms with Gasteiger partial charge in [-0.2, -0.15) is 15.1 Å². The monoisotopic (exact) mass is 404 g/mol. The maximum atomic E-state index is 12.3. The molecule has 0 radical (unpaired) electrons. The number of hydrogen-bond acceptors (Lipinski definition) is 4. The summed E-state index contributed by atoms with van der Waals surface area (Å²) in [6.45, 7) is 4.23. The number of fused-ring (bicyclic) bond motifs is 1. The van der Waals surface area contributed by atoms with E-state index in [4.69, 9.17) is 5.41 Å². The van der Waals surface area contributed by atoms with Crippen molar-refractivity contribution >= 4 is 55.7 Å². The number of halogens is 1. The highest BCUT2D eigenvalue weighted by Gasteiger charge is 2.36. The van der Waals surface area contributed by atoms with Crippen LogP contribution in [0.1, 0.15) is 32.3 Å². The van der Waals surface area contributed by atoms with E-state index in [9.17, 15) is 4.79 Å². The molecule has 5 nitrogen and oxygen atoms in total. The molecule has 7 heteroatoms. The molecule has 24 heavy (non-hydrogen) atoms. The van der Waals surface area contributed by atoms with Crippen LogP contribution in [-0.2, 0) is 4.79 Å². The number of aliphatic imine (C=N–C) groups is 1. The summed E-state index contributed by atoms with van der Waals surface area (Å²) < 4.78 is 0.963. The lowest BCUT2D eigenvalue weighted by molar-refractivity contribution is -0.114. The van der Waals surface area contributed by atoms with Crippen molar-refractivity contribution in [1.82, 2.24) is 5.01 Å². The van der Waals surface area contributed by atoms with E-state index in [2.05, 4.69) is 39.9 Å². The van der Waals surface area contributed by atoms with Gasteiger partial charge in [-0.1, -0.05) is 41.9 Å². The first kappa shape index (κ1) is 17.1. The Hall–Kier alpha value is -1.73. The van der Waals surface area contributed by atoms with E-state index in [1.165, 1.54) is 16.8 Å². The molecule has 0 aliphatic carbocycles. The van der Waals surface area contributed by atoms with Crippen molar-refractivity contribution in [2.24, 2.45) is 16.0 Å². The molecule has 1 aromatic rings. The minimum absolute atomic E-state index is 0.0846. The number of hydrogen-bond donors (Lipinski definition) is 1. The van der Waals surface area contributed by atoms with Crippen molar-refractivity contribution in [3.05, 3.63) is 39.9 Å². The maximum absolute atomic E-state index is 12.3. The van der Waals surface area contributed by atoms with Crippen LogP contribution in [-0.4, -0.2) is 27.0 Å². The number of nitrogens with one attached hydrogen (secondary N) is 1. The Labute approximate surface area is 153 Å². The second-order valence-electron chi connectivity index (χ2n) is 5.52. The van der Waals surface area contributed by atoms with Crippen molar-refractivity contribution in [1.29, 1.82) is 5.41 Å². The second kappa shape index (κ2) is 7.03. The van der Waals surface area contributed by atoms with E-state index in [-0.39, 0.29) is 17.3 Å². The average Bonchev–Trinajstić information content (AvgIpc) is 2.98. The third-order valence-electron chi connectivity index (χ3n) is 3.99. The van der Waals surface area contributed by atoms with E-state index in [0.717, 1.165) is 27.9 Å². The Bertz CT molecular complexity index is 778. The number of thioether (sulfide) groups is 1. The Morgan fingerprint density at radius 1 is 1.29 bits per heavy atom. The molecule has 2 aliphatic rings. The van der Waals surface area contributed by atoms with Gasteiger partial charge in [0.25, 0.3) is 5.91 Å². The summed E-state index contributed by atoms with van der Waals surface area (Å²) in [7, 11) is 0. The van der Waals surface area contributed by atoms with Gasteiger partial charge in [0.2, 0.25) is 5.17 Å². The van der Waals surface area contributed by atoms with Gasteiger partial charge in [0, 0.05) is 10.4 Å². The van der Waals surface area contributed by atoms with Crippen LogP contribution < -0.4 is 0 Å². The lowest BCUT2D eigenvalue weighted by Crippen LogP contribution is -2.35. The van der Waals surface area contributed by atoms with Crippen molar-refractivity contribution < 1.29 is 4.79 Å². The van der Waals surface area contributed by atoms with E-state index < -0.39 is 0 Å². The number of amidine groups is 2. The van der Waals surface area contributed by atoms with Crippen LogP contribution in [0.2, 0.25) is 0 Å². The molecule has 124 valence electrons. The summed E-state index contributed by atoms with van der Waals surface area (Å²) in [5, 5.41) is 15.8. The molecule has 1 N–H and O–H groups in total. The zero-order chi connectivity index (χ0) is 17.3. The Kier molecular flexibility index (Phi) is 5.01. The molecule has 0 aromatic heterocycles. The fourth-order valence-corrected chi connectivity index (χ4v) is 3.96. The van der Waals surface area contributed by atoms with Crippen LogP contribution in [0.4, 0.5) is 0 Å². The van der Waals surface area contributed by atoms with Crippen LogP contribution >= 0.6 is 27.7 Å². The zero-order valence-corrected chi connectivity index (χ0v) is 15.8. The number of benzene rings is 1. The molecule has 0 unspecified atom stereocenters. The number of hydrazone groups is 1. The van der Waals surface area contributed by atoms with Crippen molar-refractivity contribution in [3.63, 3.8) is 0 Å². The maximum Gasteiger partial charge on any atom is 0.283 e. The smallest absolute Gasteiger partial charge is 0.282 e. The van der Waals surface area contributed by atoms with Crippen LogP contribution in [0, 0.1) is 11.3 Å². The van der Waals surface area contributed by atoms with Crippen LogP contribution in [0.25, 0.3) is 6.08 Å². The number of rotatable bonds is 4. The molecular weight excluding hydrogens is 388 g/mol. The highest BCUT2D eigenvalue weighted by Crippen LogP contribution is 2.32. The van der Waals surface area contributed by atoms with Gasteiger partial charge >= 0.3 is 0 Å². The largest absolute Gasteiger partial charge is 0.283 e. The van der Waals surface area contributed by atoms with E-state index in [1.54, 1.807) is 6.08 Å². The van der Waals surface area contributed by atoms with Crippen LogP contribution in [0.3, 0.4) is 0 Å². The van der Waals surface area contributed by atoms with E-state index in [0.29, 0.717) is 11.1 Å². The summed E-state index contributed by atoms with van der Waals surface area (Å²) in [5.41, 5.74) is 1.11. The summed E-state index contributed by atoms with van der Waals surface area (Å²) in [5.74, 6) is 0.0362. The van der Waals surface area contributed by atoms with Gasteiger partial charge in [0.05, 0.1) is 5.57 Å². The first-order valence-electron chi connectivity index (χ1n) is 7.79. The lowest BCUT2D eigenvalue weighted by Gasteiger charge is -2.20. The van der Waals surface area contributed by atoms with Gasteiger partial charge in [0.15, 0.2) is 5.84 Å². The molecule has 0 atom stereocenters. The molecular formula is C17H17BrN4OS. The number of nitrogens with zero attached hydrogens (tertiary/aromatic N) is 3.